The number of carbonyl (C=O) groups excluding carboxylic acids is 1. The summed E-state index contributed by atoms with van der Waals surface area (Å²) in [4.78, 5) is 33.9. The van der Waals surface area contributed by atoms with E-state index in [0.29, 0.717) is 29.7 Å². The summed E-state index contributed by atoms with van der Waals surface area (Å²) in [7, 11) is 0. The summed E-state index contributed by atoms with van der Waals surface area (Å²) in [5, 5.41) is 0.584. The molecule has 3 aromatic rings. The molecular formula is C29H39N3O2. The summed E-state index contributed by atoms with van der Waals surface area (Å²) < 4.78 is 1.70. The van der Waals surface area contributed by atoms with E-state index in [9.17, 15) is 9.59 Å². The van der Waals surface area contributed by atoms with Crippen LogP contribution in [0.3, 0.4) is 0 Å². The van der Waals surface area contributed by atoms with Crippen LogP contribution in [0.2, 0.25) is 0 Å². The molecule has 182 valence electrons. The van der Waals surface area contributed by atoms with Crippen molar-refractivity contribution in [2.45, 2.75) is 79.2 Å². The van der Waals surface area contributed by atoms with Gasteiger partial charge in [0.1, 0.15) is 5.82 Å². The predicted molar refractivity (Wildman–Crippen MR) is 140 cm³/mol. The fraction of sp³-hybridized carbons (Fsp3) is 0.483. The van der Waals surface area contributed by atoms with E-state index in [0.717, 1.165) is 37.8 Å². The van der Waals surface area contributed by atoms with E-state index >= 15 is 0 Å². The highest BCUT2D eigenvalue weighted by molar-refractivity contribution is 5.79. The molecule has 0 radical (unpaired) electrons. The van der Waals surface area contributed by atoms with E-state index in [1.165, 1.54) is 5.56 Å². The van der Waals surface area contributed by atoms with Crippen LogP contribution in [0.15, 0.2) is 53.3 Å². The minimum Gasteiger partial charge on any atom is -0.333 e. The molecule has 0 aliphatic heterocycles. The zero-order valence-corrected chi connectivity index (χ0v) is 21.4. The van der Waals surface area contributed by atoms with Crippen molar-refractivity contribution in [3.63, 3.8) is 0 Å². The summed E-state index contributed by atoms with van der Waals surface area (Å²) in [6, 6.07) is 15.2. The zero-order chi connectivity index (χ0) is 24.7. The number of unbranched alkanes of at least 4 members (excludes halogenated alkanes) is 3. The van der Waals surface area contributed by atoms with Gasteiger partial charge in [-0.15, -0.1) is 0 Å². The average molecular weight is 462 g/mol. The first kappa shape index (κ1) is 25.7. The number of carbonyl (C=O) groups is 1. The second-order valence-electron chi connectivity index (χ2n) is 9.57. The number of benzene rings is 2. The summed E-state index contributed by atoms with van der Waals surface area (Å²) >= 11 is 0. The van der Waals surface area contributed by atoms with Crippen LogP contribution in [-0.2, 0) is 11.2 Å². The van der Waals surface area contributed by atoms with Crippen LogP contribution in [0.5, 0.6) is 0 Å². The SMILES string of the molecule is CCCCCCN(C(=O)CC(C)C)C(C)c1nc2ccccc2c(=O)n1-c1ccc(CC)cc1. The van der Waals surface area contributed by atoms with Crippen molar-refractivity contribution in [1.82, 2.24) is 14.5 Å². The smallest absolute Gasteiger partial charge is 0.266 e. The molecule has 3 rings (SSSR count). The summed E-state index contributed by atoms with van der Waals surface area (Å²) in [6.07, 6.45) is 5.76. The van der Waals surface area contributed by atoms with Gasteiger partial charge >= 0.3 is 0 Å². The van der Waals surface area contributed by atoms with Crippen LogP contribution in [0.4, 0.5) is 0 Å². The van der Waals surface area contributed by atoms with Crippen LogP contribution in [0.25, 0.3) is 16.6 Å². The largest absolute Gasteiger partial charge is 0.333 e. The average Bonchev–Trinajstić information content (AvgIpc) is 2.83. The third kappa shape index (κ3) is 5.94. The summed E-state index contributed by atoms with van der Waals surface area (Å²) in [5.41, 5.74) is 2.56. The molecule has 5 heteroatoms. The predicted octanol–water partition coefficient (Wildman–Crippen LogP) is 6.46. The van der Waals surface area contributed by atoms with Gasteiger partial charge in [-0.1, -0.05) is 71.2 Å². The third-order valence-electron chi connectivity index (χ3n) is 6.40. The van der Waals surface area contributed by atoms with Crippen molar-refractivity contribution in [2.24, 2.45) is 5.92 Å². The molecule has 5 nitrogen and oxygen atoms in total. The fourth-order valence-corrected chi connectivity index (χ4v) is 4.41. The second-order valence-corrected chi connectivity index (χ2v) is 9.57. The Morgan fingerprint density at radius 2 is 1.68 bits per heavy atom. The molecule has 0 aliphatic rings. The van der Waals surface area contributed by atoms with E-state index in [4.69, 9.17) is 4.98 Å². The topological polar surface area (TPSA) is 55.2 Å². The van der Waals surface area contributed by atoms with Crippen molar-refractivity contribution in [2.75, 3.05) is 6.54 Å². The Labute approximate surface area is 203 Å². The molecule has 0 aliphatic carbocycles. The van der Waals surface area contributed by atoms with Gasteiger partial charge in [0, 0.05) is 13.0 Å². The molecule has 0 fully saturated rings. The number of para-hydroxylation sites is 1. The lowest BCUT2D eigenvalue weighted by atomic mass is 10.1. The van der Waals surface area contributed by atoms with E-state index in [1.807, 2.05) is 48.2 Å². The molecule has 0 bridgehead atoms. The highest BCUT2D eigenvalue weighted by atomic mass is 16.2. The van der Waals surface area contributed by atoms with E-state index in [2.05, 4.69) is 39.8 Å². The Morgan fingerprint density at radius 1 is 0.971 bits per heavy atom. The lowest BCUT2D eigenvalue weighted by Gasteiger charge is -2.31. The molecule has 2 aromatic carbocycles. The monoisotopic (exact) mass is 461 g/mol. The molecule has 0 N–H and O–H groups in total. The maximum atomic E-state index is 13.7. The first-order chi connectivity index (χ1) is 16.4. The van der Waals surface area contributed by atoms with Crippen LogP contribution < -0.4 is 5.56 Å². The fourth-order valence-electron chi connectivity index (χ4n) is 4.41. The molecule has 34 heavy (non-hydrogen) atoms. The maximum absolute atomic E-state index is 13.7. The maximum Gasteiger partial charge on any atom is 0.266 e. The Bertz CT molecular complexity index is 1150. The second kappa shape index (κ2) is 12.0. The van der Waals surface area contributed by atoms with Gasteiger partial charge in [0.25, 0.3) is 5.56 Å². The van der Waals surface area contributed by atoms with Gasteiger partial charge in [-0.3, -0.25) is 14.2 Å². The first-order valence-electron chi connectivity index (χ1n) is 12.8. The first-order valence-corrected chi connectivity index (χ1v) is 12.8. The number of aryl methyl sites for hydroxylation is 1. The standard InChI is InChI=1S/C29H39N3O2/c1-6-8-9-12-19-31(27(33)20-21(3)4)22(5)28-30-26-14-11-10-13-25(26)29(34)32(28)24-17-15-23(7-2)16-18-24/h10-11,13-18,21-22H,6-9,12,19-20H2,1-5H3. The van der Waals surface area contributed by atoms with Crippen LogP contribution in [0, 0.1) is 5.92 Å². The Balaban J connectivity index is 2.13. The molecule has 0 spiro atoms. The van der Waals surface area contributed by atoms with Crippen molar-refractivity contribution < 1.29 is 4.79 Å². The van der Waals surface area contributed by atoms with Crippen LogP contribution in [-0.4, -0.2) is 26.9 Å². The molecule has 1 unspecified atom stereocenters. The Hall–Kier alpha value is -2.95. The Morgan fingerprint density at radius 3 is 2.32 bits per heavy atom. The molecule has 1 amide bonds. The summed E-state index contributed by atoms with van der Waals surface area (Å²) in [5.74, 6) is 1.00. The van der Waals surface area contributed by atoms with Gasteiger partial charge in [-0.05, 0) is 55.5 Å². The number of aromatic nitrogens is 2. The third-order valence-corrected chi connectivity index (χ3v) is 6.40. The highest BCUT2D eigenvalue weighted by Crippen LogP contribution is 2.25. The molecule has 1 aromatic heterocycles. The van der Waals surface area contributed by atoms with Gasteiger partial charge < -0.3 is 4.90 Å². The van der Waals surface area contributed by atoms with Crippen molar-refractivity contribution in [3.8, 4) is 5.69 Å². The molecular weight excluding hydrogens is 422 g/mol. The Kier molecular flexibility index (Phi) is 9.03. The van der Waals surface area contributed by atoms with Crippen molar-refractivity contribution in [3.05, 3.63) is 70.3 Å². The van der Waals surface area contributed by atoms with Crippen LogP contribution >= 0.6 is 0 Å². The zero-order valence-electron chi connectivity index (χ0n) is 21.4. The normalized spacial score (nSPS) is 12.3. The minimum atomic E-state index is -0.323. The number of amides is 1. The van der Waals surface area contributed by atoms with Gasteiger partial charge in [0.05, 0.1) is 22.6 Å². The van der Waals surface area contributed by atoms with E-state index in [1.54, 1.807) is 4.57 Å². The lowest BCUT2D eigenvalue weighted by molar-refractivity contribution is -0.134. The number of fused-ring (bicyclic) bond motifs is 1. The molecule has 1 atom stereocenters. The van der Waals surface area contributed by atoms with Gasteiger partial charge in [0.15, 0.2) is 0 Å². The lowest BCUT2D eigenvalue weighted by Crippen LogP contribution is -2.38. The summed E-state index contributed by atoms with van der Waals surface area (Å²) in [6.45, 7) is 11.1. The van der Waals surface area contributed by atoms with E-state index in [-0.39, 0.29) is 23.4 Å². The quantitative estimate of drug-likeness (QED) is 0.308. The van der Waals surface area contributed by atoms with Crippen molar-refractivity contribution in [1.29, 1.82) is 0 Å². The molecule has 1 heterocycles. The van der Waals surface area contributed by atoms with E-state index < -0.39 is 0 Å². The van der Waals surface area contributed by atoms with Gasteiger partial charge in [-0.25, -0.2) is 4.98 Å². The number of hydrogen-bond acceptors (Lipinski definition) is 3. The van der Waals surface area contributed by atoms with Gasteiger partial charge in [0.2, 0.25) is 5.91 Å². The minimum absolute atomic E-state index is 0.0982. The van der Waals surface area contributed by atoms with Gasteiger partial charge in [-0.2, -0.15) is 0 Å². The van der Waals surface area contributed by atoms with Crippen LogP contribution in [0.1, 0.15) is 84.2 Å². The highest BCUT2D eigenvalue weighted by Gasteiger charge is 2.27. The van der Waals surface area contributed by atoms with Crippen molar-refractivity contribution >= 4 is 16.8 Å². The number of rotatable bonds is 11. The number of hydrogen-bond donors (Lipinski definition) is 0. The molecule has 0 saturated heterocycles. The number of nitrogens with zero attached hydrogens (tertiary/aromatic N) is 3. The molecule has 0 saturated carbocycles.